The van der Waals surface area contributed by atoms with Crippen molar-refractivity contribution in [1.82, 2.24) is 10.3 Å². The molecule has 1 heterocycles. The molecule has 5 heteroatoms. The van der Waals surface area contributed by atoms with Gasteiger partial charge in [0.1, 0.15) is 10.8 Å². The lowest BCUT2D eigenvalue weighted by molar-refractivity contribution is 0.515. The van der Waals surface area contributed by atoms with Crippen molar-refractivity contribution in [1.29, 1.82) is 0 Å². The summed E-state index contributed by atoms with van der Waals surface area (Å²) in [6, 6.07) is 5.01. The normalized spacial score (nSPS) is 12.6. The fourth-order valence-electron chi connectivity index (χ4n) is 1.71. The Morgan fingerprint density at radius 1 is 1.50 bits per heavy atom. The van der Waals surface area contributed by atoms with Gasteiger partial charge in [-0.3, -0.25) is 0 Å². The van der Waals surface area contributed by atoms with Crippen LogP contribution in [0.3, 0.4) is 0 Å². The first-order valence-electron chi connectivity index (χ1n) is 5.77. The van der Waals surface area contributed by atoms with Gasteiger partial charge in [0.15, 0.2) is 0 Å². The fourth-order valence-corrected chi connectivity index (χ4v) is 3.00. The van der Waals surface area contributed by atoms with Crippen molar-refractivity contribution in [2.45, 2.75) is 25.9 Å². The van der Waals surface area contributed by atoms with Gasteiger partial charge in [-0.05, 0) is 24.1 Å². The molecule has 1 unspecified atom stereocenters. The van der Waals surface area contributed by atoms with Crippen LogP contribution in [0.15, 0.2) is 34.2 Å². The Morgan fingerprint density at radius 2 is 2.33 bits per heavy atom. The van der Waals surface area contributed by atoms with Gasteiger partial charge in [-0.1, -0.05) is 28.9 Å². The molecular weight excluding hydrogens is 315 g/mol. The maximum Gasteiger partial charge on any atom is 0.124 e. The summed E-state index contributed by atoms with van der Waals surface area (Å²) < 4.78 is 13.8. The summed E-state index contributed by atoms with van der Waals surface area (Å²) in [5, 5.41) is 6.52. The van der Waals surface area contributed by atoms with Gasteiger partial charge >= 0.3 is 0 Å². The zero-order chi connectivity index (χ0) is 13.0. The molecule has 0 amide bonds. The quantitative estimate of drug-likeness (QED) is 0.885. The number of benzene rings is 1. The van der Waals surface area contributed by atoms with Crippen LogP contribution in [0.4, 0.5) is 4.39 Å². The lowest BCUT2D eigenvalue weighted by Crippen LogP contribution is -2.20. The molecule has 0 bridgehead atoms. The van der Waals surface area contributed by atoms with E-state index >= 15 is 0 Å². The topological polar surface area (TPSA) is 24.9 Å². The second-order valence-electron chi connectivity index (χ2n) is 3.95. The van der Waals surface area contributed by atoms with Gasteiger partial charge < -0.3 is 5.32 Å². The van der Waals surface area contributed by atoms with E-state index in [1.165, 1.54) is 12.1 Å². The first-order chi connectivity index (χ1) is 8.70. The molecule has 0 aliphatic heterocycles. The lowest BCUT2D eigenvalue weighted by atomic mass is 10.2. The molecule has 0 radical (unpaired) electrons. The summed E-state index contributed by atoms with van der Waals surface area (Å²) in [6.07, 6.45) is 2.80. The highest BCUT2D eigenvalue weighted by Gasteiger charge is 2.11. The van der Waals surface area contributed by atoms with Crippen LogP contribution in [-0.2, 0) is 6.54 Å². The number of aromatic nitrogens is 1. The zero-order valence-electron chi connectivity index (χ0n) is 9.99. The first kappa shape index (κ1) is 13.6. The van der Waals surface area contributed by atoms with Gasteiger partial charge in [-0.15, -0.1) is 11.3 Å². The molecule has 1 N–H and O–H groups in total. The van der Waals surface area contributed by atoms with E-state index in [0.29, 0.717) is 6.54 Å². The number of nitrogens with zero attached hydrogens (tertiary/aromatic N) is 1. The van der Waals surface area contributed by atoms with E-state index in [9.17, 15) is 4.39 Å². The largest absolute Gasteiger partial charge is 0.304 e. The van der Waals surface area contributed by atoms with E-state index in [0.717, 1.165) is 21.5 Å². The van der Waals surface area contributed by atoms with Gasteiger partial charge in [-0.2, -0.15) is 0 Å². The minimum absolute atomic E-state index is 0.224. The molecule has 0 saturated heterocycles. The SMILES string of the molecule is CCC(NCc1ccc(F)cc1Br)c1nccs1. The maximum absolute atomic E-state index is 13.0. The van der Waals surface area contributed by atoms with Gasteiger partial charge in [0.2, 0.25) is 0 Å². The molecule has 2 aromatic rings. The van der Waals surface area contributed by atoms with E-state index in [-0.39, 0.29) is 11.9 Å². The van der Waals surface area contributed by atoms with Crippen molar-refractivity contribution in [3.05, 3.63) is 50.6 Å². The van der Waals surface area contributed by atoms with Crippen LogP contribution in [0.5, 0.6) is 0 Å². The number of rotatable bonds is 5. The Balaban J connectivity index is 2.02. The maximum atomic E-state index is 13.0. The third-order valence-electron chi connectivity index (χ3n) is 2.71. The van der Waals surface area contributed by atoms with E-state index in [1.54, 1.807) is 17.4 Å². The Labute approximate surface area is 118 Å². The third-order valence-corrected chi connectivity index (χ3v) is 4.34. The first-order valence-corrected chi connectivity index (χ1v) is 7.44. The van der Waals surface area contributed by atoms with Crippen molar-refractivity contribution < 1.29 is 4.39 Å². The minimum atomic E-state index is -0.224. The highest BCUT2D eigenvalue weighted by Crippen LogP contribution is 2.22. The van der Waals surface area contributed by atoms with Crippen LogP contribution in [0.1, 0.15) is 30.0 Å². The number of hydrogen-bond acceptors (Lipinski definition) is 3. The van der Waals surface area contributed by atoms with Gasteiger partial charge in [0.05, 0.1) is 6.04 Å². The Morgan fingerprint density at radius 3 is 2.94 bits per heavy atom. The molecule has 0 aliphatic carbocycles. The van der Waals surface area contributed by atoms with Crippen molar-refractivity contribution in [3.63, 3.8) is 0 Å². The molecule has 0 fully saturated rings. The molecule has 1 atom stereocenters. The van der Waals surface area contributed by atoms with E-state index in [1.807, 2.05) is 11.6 Å². The fraction of sp³-hybridized carbons (Fsp3) is 0.308. The Hall–Kier alpha value is -0.780. The molecular formula is C13H14BrFN2S. The van der Waals surface area contributed by atoms with Gasteiger partial charge in [-0.25, -0.2) is 9.37 Å². The number of nitrogens with one attached hydrogen (secondary N) is 1. The summed E-state index contributed by atoms with van der Waals surface area (Å²) in [7, 11) is 0. The van der Waals surface area contributed by atoms with Crippen molar-refractivity contribution in [3.8, 4) is 0 Å². The second-order valence-corrected chi connectivity index (χ2v) is 5.73. The molecule has 2 rings (SSSR count). The van der Waals surface area contributed by atoms with Crippen molar-refractivity contribution >= 4 is 27.3 Å². The molecule has 0 aliphatic rings. The summed E-state index contributed by atoms with van der Waals surface area (Å²) >= 11 is 5.03. The van der Waals surface area contributed by atoms with E-state index in [4.69, 9.17) is 0 Å². The summed E-state index contributed by atoms with van der Waals surface area (Å²) in [5.74, 6) is -0.224. The highest BCUT2D eigenvalue weighted by molar-refractivity contribution is 9.10. The zero-order valence-corrected chi connectivity index (χ0v) is 12.4. The molecule has 18 heavy (non-hydrogen) atoms. The predicted octanol–water partition coefficient (Wildman–Crippen LogP) is 4.29. The van der Waals surface area contributed by atoms with E-state index in [2.05, 4.69) is 33.2 Å². The predicted molar refractivity (Wildman–Crippen MR) is 76.1 cm³/mol. The molecule has 1 aromatic heterocycles. The average molecular weight is 329 g/mol. The van der Waals surface area contributed by atoms with Crippen LogP contribution >= 0.6 is 27.3 Å². The van der Waals surface area contributed by atoms with Crippen LogP contribution in [0.2, 0.25) is 0 Å². The monoisotopic (exact) mass is 328 g/mol. The number of thiazole rings is 1. The summed E-state index contributed by atoms with van der Waals surface area (Å²) in [5.41, 5.74) is 1.05. The van der Waals surface area contributed by atoms with Crippen molar-refractivity contribution in [2.75, 3.05) is 0 Å². The smallest absolute Gasteiger partial charge is 0.124 e. The average Bonchev–Trinajstić information content (AvgIpc) is 2.86. The Kier molecular flexibility index (Phi) is 4.86. The van der Waals surface area contributed by atoms with Gasteiger partial charge in [0, 0.05) is 22.6 Å². The molecule has 0 spiro atoms. The van der Waals surface area contributed by atoms with Crippen LogP contribution in [0, 0.1) is 5.82 Å². The second kappa shape index (κ2) is 6.41. The summed E-state index contributed by atoms with van der Waals surface area (Å²) in [4.78, 5) is 4.32. The van der Waals surface area contributed by atoms with E-state index < -0.39 is 0 Å². The molecule has 1 aromatic carbocycles. The van der Waals surface area contributed by atoms with Gasteiger partial charge in [0.25, 0.3) is 0 Å². The highest BCUT2D eigenvalue weighted by atomic mass is 79.9. The van der Waals surface area contributed by atoms with Crippen LogP contribution in [-0.4, -0.2) is 4.98 Å². The Bertz CT molecular complexity index is 502. The summed E-state index contributed by atoms with van der Waals surface area (Å²) in [6.45, 7) is 2.82. The van der Waals surface area contributed by atoms with Crippen LogP contribution in [0.25, 0.3) is 0 Å². The third kappa shape index (κ3) is 3.37. The standard InChI is InChI=1S/C13H14BrFN2S/c1-2-12(13-16-5-6-18-13)17-8-9-3-4-10(15)7-11(9)14/h3-7,12,17H,2,8H2,1H3. The minimum Gasteiger partial charge on any atom is -0.304 e. The van der Waals surface area contributed by atoms with Crippen molar-refractivity contribution in [2.24, 2.45) is 0 Å². The number of hydrogen-bond donors (Lipinski definition) is 1. The lowest BCUT2D eigenvalue weighted by Gasteiger charge is -2.15. The van der Waals surface area contributed by atoms with Crippen LogP contribution < -0.4 is 5.32 Å². The number of halogens is 2. The molecule has 96 valence electrons. The molecule has 0 saturated carbocycles. The molecule has 2 nitrogen and oxygen atoms in total.